The summed E-state index contributed by atoms with van der Waals surface area (Å²) in [6.07, 6.45) is 4.32. The van der Waals surface area contributed by atoms with Crippen molar-refractivity contribution in [3.63, 3.8) is 0 Å². The molecule has 1 aromatic rings. The van der Waals surface area contributed by atoms with E-state index in [1.165, 1.54) is 25.2 Å². The van der Waals surface area contributed by atoms with Crippen molar-refractivity contribution in [1.82, 2.24) is 0 Å². The standard InChI is InChI=1S/C34H44O9/c1-9-17(2)31(37)42-24-14-23(41-19(4)35)32(5)16-40-28-29(32)33(24,6)22(13-25(36)38-8)34(7)26-18(3)12-21(20-10-11-39-15-20)27(26)43-30(28)34/h9-11,15,21-24,27-30H,12-14,16H2,1-8H3/t21-,22-,23-,24+,27-,28-,29+,30-,32-,33+,34-/m1/s1. The minimum absolute atomic E-state index is 0.0809. The maximum atomic E-state index is 13.4. The molecule has 3 heterocycles. The Bertz CT molecular complexity index is 1380. The van der Waals surface area contributed by atoms with Crippen molar-refractivity contribution in [2.75, 3.05) is 13.7 Å². The molecule has 3 aliphatic carbocycles. The normalized spacial score (nSPS) is 43.1. The maximum absolute atomic E-state index is 13.4. The van der Waals surface area contributed by atoms with Crippen LogP contribution in [0.3, 0.4) is 0 Å². The van der Waals surface area contributed by atoms with Crippen LogP contribution in [0.4, 0.5) is 0 Å². The van der Waals surface area contributed by atoms with Crippen LogP contribution in [-0.4, -0.2) is 62.1 Å². The minimum Gasteiger partial charge on any atom is -0.472 e. The fourth-order valence-electron chi connectivity index (χ4n) is 10.00. The van der Waals surface area contributed by atoms with E-state index in [0.29, 0.717) is 18.6 Å². The lowest BCUT2D eigenvalue weighted by Gasteiger charge is -2.65. The summed E-state index contributed by atoms with van der Waals surface area (Å²) < 4.78 is 37.0. The van der Waals surface area contributed by atoms with Gasteiger partial charge in [0.25, 0.3) is 0 Å². The molecule has 9 nitrogen and oxygen atoms in total. The van der Waals surface area contributed by atoms with Gasteiger partial charge in [-0.05, 0) is 50.3 Å². The predicted molar refractivity (Wildman–Crippen MR) is 155 cm³/mol. The molecule has 43 heavy (non-hydrogen) atoms. The first-order chi connectivity index (χ1) is 20.3. The highest BCUT2D eigenvalue weighted by atomic mass is 16.6. The SMILES string of the molecule is CC=C(C)C(=O)O[C@H]1C[C@@H](OC(C)=O)[C@@]2(C)CO[C@H]3[C@H]4O[C@H]5C(=C(C)C[C@@H]5c5ccoc5)[C@@]4(C)[C@H](CC(=O)OC)[C@]1(C)[C@@H]32. The van der Waals surface area contributed by atoms with Crippen LogP contribution in [0.2, 0.25) is 0 Å². The molecule has 0 spiro atoms. The van der Waals surface area contributed by atoms with E-state index in [-0.39, 0.29) is 48.5 Å². The Morgan fingerprint density at radius 2 is 1.86 bits per heavy atom. The number of rotatable bonds is 6. The van der Waals surface area contributed by atoms with E-state index in [9.17, 15) is 14.4 Å². The summed E-state index contributed by atoms with van der Waals surface area (Å²) in [5, 5.41) is 0. The Labute approximate surface area is 253 Å². The van der Waals surface area contributed by atoms with Gasteiger partial charge in [-0.25, -0.2) is 4.79 Å². The number of ether oxygens (including phenoxy) is 5. The van der Waals surface area contributed by atoms with Crippen LogP contribution in [0.25, 0.3) is 0 Å². The number of allylic oxidation sites excluding steroid dienone is 2. The number of hydrogen-bond acceptors (Lipinski definition) is 9. The lowest BCUT2D eigenvalue weighted by atomic mass is 9.40. The molecule has 2 saturated heterocycles. The zero-order chi connectivity index (χ0) is 31.1. The van der Waals surface area contributed by atoms with Gasteiger partial charge in [-0.1, -0.05) is 32.4 Å². The zero-order valence-corrected chi connectivity index (χ0v) is 26.4. The molecule has 0 unspecified atom stereocenters. The monoisotopic (exact) mass is 596 g/mol. The fraction of sp³-hybridized carbons (Fsp3) is 0.676. The molecule has 11 atom stereocenters. The van der Waals surface area contributed by atoms with Gasteiger partial charge in [-0.3, -0.25) is 9.59 Å². The van der Waals surface area contributed by atoms with Gasteiger partial charge in [0, 0.05) is 53.4 Å². The zero-order valence-electron chi connectivity index (χ0n) is 26.4. The number of carbonyl (C=O) groups is 3. The molecule has 2 aliphatic heterocycles. The van der Waals surface area contributed by atoms with Crippen molar-refractivity contribution >= 4 is 17.9 Å². The molecule has 234 valence electrons. The summed E-state index contributed by atoms with van der Waals surface area (Å²) in [5.41, 5.74) is 2.07. The molecule has 0 bridgehead atoms. The van der Waals surface area contributed by atoms with Crippen LogP contribution in [0.5, 0.6) is 0 Å². The summed E-state index contributed by atoms with van der Waals surface area (Å²) in [6, 6.07) is 1.99. The van der Waals surface area contributed by atoms with Gasteiger partial charge in [0.15, 0.2) is 0 Å². The smallest absolute Gasteiger partial charge is 0.333 e. The molecular formula is C34H44O9. The molecule has 0 N–H and O–H groups in total. The second-order valence-corrected chi connectivity index (χ2v) is 14.0. The Morgan fingerprint density at radius 1 is 1.12 bits per heavy atom. The van der Waals surface area contributed by atoms with Crippen LogP contribution < -0.4 is 0 Å². The first kappa shape index (κ1) is 30.1. The largest absolute Gasteiger partial charge is 0.472 e. The van der Waals surface area contributed by atoms with Crippen LogP contribution in [0.15, 0.2) is 45.8 Å². The quantitative estimate of drug-likeness (QED) is 0.187. The van der Waals surface area contributed by atoms with Crippen LogP contribution in [0, 0.1) is 28.1 Å². The number of furan rings is 1. The van der Waals surface area contributed by atoms with Crippen molar-refractivity contribution in [2.24, 2.45) is 28.1 Å². The molecule has 6 rings (SSSR count). The molecule has 4 fully saturated rings. The third kappa shape index (κ3) is 4.13. The van der Waals surface area contributed by atoms with E-state index in [0.717, 1.165) is 12.0 Å². The van der Waals surface area contributed by atoms with Crippen LogP contribution in [-0.2, 0) is 38.1 Å². The van der Waals surface area contributed by atoms with Gasteiger partial charge < -0.3 is 28.1 Å². The number of carbonyl (C=O) groups excluding carboxylic acids is 3. The number of esters is 3. The second-order valence-electron chi connectivity index (χ2n) is 14.0. The maximum Gasteiger partial charge on any atom is 0.333 e. The van der Waals surface area contributed by atoms with E-state index < -0.39 is 40.4 Å². The van der Waals surface area contributed by atoms with Gasteiger partial charge in [0.05, 0.1) is 44.6 Å². The Kier molecular flexibility index (Phi) is 7.24. The number of fused-ring (bicyclic) bond motifs is 4. The van der Waals surface area contributed by atoms with E-state index in [1.807, 2.05) is 6.07 Å². The summed E-state index contributed by atoms with van der Waals surface area (Å²) in [6.45, 7) is 13.9. The first-order valence-corrected chi connectivity index (χ1v) is 15.4. The van der Waals surface area contributed by atoms with Crippen LogP contribution >= 0.6 is 0 Å². The molecule has 0 aromatic carbocycles. The topological polar surface area (TPSA) is 111 Å². The van der Waals surface area contributed by atoms with E-state index in [2.05, 4.69) is 27.7 Å². The van der Waals surface area contributed by atoms with Gasteiger partial charge in [0.2, 0.25) is 0 Å². The molecule has 0 amide bonds. The molecule has 1 aromatic heterocycles. The molecular weight excluding hydrogens is 552 g/mol. The summed E-state index contributed by atoms with van der Waals surface area (Å²) in [4.78, 5) is 39.1. The Hall–Kier alpha value is -2.91. The summed E-state index contributed by atoms with van der Waals surface area (Å²) in [7, 11) is 1.41. The highest BCUT2D eigenvalue weighted by Gasteiger charge is 2.78. The van der Waals surface area contributed by atoms with Crippen LogP contribution in [0.1, 0.15) is 79.2 Å². The highest BCUT2D eigenvalue weighted by molar-refractivity contribution is 5.87. The predicted octanol–water partition coefficient (Wildman–Crippen LogP) is 5.29. The van der Waals surface area contributed by atoms with Gasteiger partial charge in [-0.2, -0.15) is 0 Å². The van der Waals surface area contributed by atoms with Gasteiger partial charge in [0.1, 0.15) is 12.2 Å². The molecule has 9 heteroatoms. The fourth-order valence-corrected chi connectivity index (χ4v) is 10.00. The highest BCUT2D eigenvalue weighted by Crippen LogP contribution is 2.74. The third-order valence-corrected chi connectivity index (χ3v) is 11.9. The number of methoxy groups -OCH3 is 1. The van der Waals surface area contributed by atoms with Gasteiger partial charge in [-0.15, -0.1) is 0 Å². The van der Waals surface area contributed by atoms with Crippen molar-refractivity contribution in [3.8, 4) is 0 Å². The van der Waals surface area contributed by atoms with E-state index >= 15 is 0 Å². The Balaban J connectivity index is 1.54. The van der Waals surface area contributed by atoms with Crippen molar-refractivity contribution in [1.29, 1.82) is 0 Å². The average Bonchev–Trinajstić information content (AvgIpc) is 3.74. The average molecular weight is 597 g/mol. The van der Waals surface area contributed by atoms with Crippen molar-refractivity contribution < 1.29 is 42.5 Å². The summed E-state index contributed by atoms with van der Waals surface area (Å²) in [5.74, 6) is -1.61. The second kappa shape index (κ2) is 10.3. The van der Waals surface area contributed by atoms with Gasteiger partial charge >= 0.3 is 17.9 Å². The molecule has 0 radical (unpaired) electrons. The lowest BCUT2D eigenvalue weighted by Crippen LogP contribution is -2.71. The van der Waals surface area contributed by atoms with E-state index in [4.69, 9.17) is 28.1 Å². The lowest BCUT2D eigenvalue weighted by molar-refractivity contribution is -0.251. The Morgan fingerprint density at radius 3 is 2.49 bits per heavy atom. The summed E-state index contributed by atoms with van der Waals surface area (Å²) >= 11 is 0. The number of hydrogen-bond donors (Lipinski definition) is 0. The molecule has 5 aliphatic rings. The van der Waals surface area contributed by atoms with E-state index in [1.54, 1.807) is 32.4 Å². The minimum atomic E-state index is -0.741. The first-order valence-electron chi connectivity index (χ1n) is 15.4. The van der Waals surface area contributed by atoms with Crippen molar-refractivity contribution in [2.45, 2.75) is 104 Å². The molecule has 2 saturated carbocycles. The third-order valence-electron chi connectivity index (χ3n) is 11.9. The van der Waals surface area contributed by atoms with Crippen molar-refractivity contribution in [3.05, 3.63) is 47.0 Å².